The van der Waals surface area contributed by atoms with E-state index in [2.05, 4.69) is 13.8 Å². The van der Waals surface area contributed by atoms with E-state index < -0.39 is 0 Å². The number of carbonyl (C=O) groups is 1. The van der Waals surface area contributed by atoms with Gasteiger partial charge < -0.3 is 10.6 Å². The predicted octanol–water partition coefficient (Wildman–Crippen LogP) is 2.01. The zero-order chi connectivity index (χ0) is 12.4. The highest BCUT2D eigenvalue weighted by Gasteiger charge is 2.32. The van der Waals surface area contributed by atoms with E-state index in [1.807, 2.05) is 4.90 Å². The molecule has 3 heteroatoms. The van der Waals surface area contributed by atoms with E-state index in [1.54, 1.807) is 0 Å². The van der Waals surface area contributed by atoms with Gasteiger partial charge in [-0.25, -0.2) is 0 Å². The van der Waals surface area contributed by atoms with Gasteiger partial charge in [0, 0.05) is 25.6 Å². The van der Waals surface area contributed by atoms with E-state index in [0.29, 0.717) is 12.3 Å². The molecule has 1 amide bonds. The highest BCUT2D eigenvalue weighted by atomic mass is 16.2. The Morgan fingerprint density at radius 2 is 1.76 bits per heavy atom. The SMILES string of the molecule is CC(C)C1CCN(C(=O)CC(N)C2CC2)CC1. The second-order valence-corrected chi connectivity index (χ2v) is 6.17. The van der Waals surface area contributed by atoms with Crippen LogP contribution in [0.5, 0.6) is 0 Å². The Labute approximate surface area is 105 Å². The summed E-state index contributed by atoms with van der Waals surface area (Å²) in [6.45, 7) is 6.45. The lowest BCUT2D eigenvalue weighted by atomic mass is 9.86. The molecule has 2 aliphatic rings. The average Bonchev–Trinajstić information content (AvgIpc) is 3.12. The van der Waals surface area contributed by atoms with Crippen molar-refractivity contribution in [1.29, 1.82) is 0 Å². The summed E-state index contributed by atoms with van der Waals surface area (Å²) in [5.41, 5.74) is 6.01. The average molecular weight is 238 g/mol. The normalized spacial score (nSPS) is 24.1. The second-order valence-electron chi connectivity index (χ2n) is 6.17. The fourth-order valence-electron chi connectivity index (χ4n) is 2.84. The predicted molar refractivity (Wildman–Crippen MR) is 69.5 cm³/mol. The van der Waals surface area contributed by atoms with Gasteiger partial charge in [0.05, 0.1) is 0 Å². The van der Waals surface area contributed by atoms with Crippen molar-refractivity contribution in [1.82, 2.24) is 4.90 Å². The molecule has 0 bridgehead atoms. The standard InChI is InChI=1S/C14H26N2O/c1-10(2)11-5-7-16(8-6-11)14(17)9-13(15)12-3-4-12/h10-13H,3-9,15H2,1-2H3. The number of hydrogen-bond donors (Lipinski definition) is 1. The van der Waals surface area contributed by atoms with Gasteiger partial charge in [0.2, 0.25) is 5.91 Å². The van der Waals surface area contributed by atoms with E-state index >= 15 is 0 Å². The summed E-state index contributed by atoms with van der Waals surface area (Å²) in [6, 6.07) is 0.116. The quantitative estimate of drug-likeness (QED) is 0.814. The number of nitrogens with two attached hydrogens (primary N) is 1. The smallest absolute Gasteiger partial charge is 0.224 e. The van der Waals surface area contributed by atoms with Crippen LogP contribution in [0.3, 0.4) is 0 Å². The number of piperidine rings is 1. The van der Waals surface area contributed by atoms with Crippen molar-refractivity contribution < 1.29 is 4.79 Å². The van der Waals surface area contributed by atoms with Crippen LogP contribution in [-0.4, -0.2) is 29.9 Å². The molecule has 1 unspecified atom stereocenters. The van der Waals surface area contributed by atoms with Gasteiger partial charge in [0.15, 0.2) is 0 Å². The van der Waals surface area contributed by atoms with Crippen molar-refractivity contribution in [2.75, 3.05) is 13.1 Å². The third-order valence-electron chi connectivity index (χ3n) is 4.47. The maximum absolute atomic E-state index is 12.1. The monoisotopic (exact) mass is 238 g/mol. The van der Waals surface area contributed by atoms with E-state index in [-0.39, 0.29) is 11.9 Å². The molecule has 1 atom stereocenters. The first-order chi connectivity index (χ1) is 8.08. The second kappa shape index (κ2) is 5.38. The summed E-state index contributed by atoms with van der Waals surface area (Å²) >= 11 is 0. The number of hydrogen-bond acceptors (Lipinski definition) is 2. The molecule has 1 aliphatic heterocycles. The van der Waals surface area contributed by atoms with Gasteiger partial charge in [0.25, 0.3) is 0 Å². The van der Waals surface area contributed by atoms with Crippen LogP contribution in [0, 0.1) is 17.8 Å². The molecule has 1 saturated carbocycles. The summed E-state index contributed by atoms with van der Waals surface area (Å²) in [6.07, 6.45) is 5.36. The van der Waals surface area contributed by atoms with Crippen LogP contribution in [0.1, 0.15) is 46.0 Å². The zero-order valence-electron chi connectivity index (χ0n) is 11.2. The molecule has 2 fully saturated rings. The van der Waals surface area contributed by atoms with Crippen LogP contribution in [0.2, 0.25) is 0 Å². The number of rotatable bonds is 4. The molecule has 2 rings (SSSR count). The third-order valence-corrected chi connectivity index (χ3v) is 4.47. The van der Waals surface area contributed by atoms with Gasteiger partial charge in [-0.05, 0) is 43.4 Å². The lowest BCUT2D eigenvalue weighted by molar-refractivity contribution is -0.133. The highest BCUT2D eigenvalue weighted by Crippen LogP contribution is 2.33. The van der Waals surface area contributed by atoms with E-state index in [4.69, 9.17) is 5.73 Å². The molecule has 1 aliphatic carbocycles. The van der Waals surface area contributed by atoms with Gasteiger partial charge in [-0.15, -0.1) is 0 Å². The first-order valence-corrected chi connectivity index (χ1v) is 7.11. The lowest BCUT2D eigenvalue weighted by Crippen LogP contribution is -2.42. The van der Waals surface area contributed by atoms with E-state index in [1.165, 1.54) is 25.7 Å². The number of amides is 1. The Kier molecular flexibility index (Phi) is 4.08. The fraction of sp³-hybridized carbons (Fsp3) is 0.929. The molecule has 0 spiro atoms. The minimum Gasteiger partial charge on any atom is -0.343 e. The van der Waals surface area contributed by atoms with Crippen molar-refractivity contribution in [2.24, 2.45) is 23.5 Å². The Morgan fingerprint density at radius 1 is 1.18 bits per heavy atom. The Morgan fingerprint density at radius 3 is 2.24 bits per heavy atom. The number of nitrogens with zero attached hydrogens (tertiary/aromatic N) is 1. The first kappa shape index (κ1) is 12.9. The lowest BCUT2D eigenvalue weighted by Gasteiger charge is -2.34. The Hall–Kier alpha value is -0.570. The van der Waals surface area contributed by atoms with Gasteiger partial charge in [-0.1, -0.05) is 13.8 Å². The van der Waals surface area contributed by atoms with Crippen LogP contribution in [0.4, 0.5) is 0 Å². The topological polar surface area (TPSA) is 46.3 Å². The summed E-state index contributed by atoms with van der Waals surface area (Å²) in [4.78, 5) is 14.1. The van der Waals surface area contributed by atoms with Crippen molar-refractivity contribution in [2.45, 2.75) is 52.0 Å². The molecule has 1 heterocycles. The molecular weight excluding hydrogens is 212 g/mol. The Balaban J connectivity index is 1.73. The fourth-order valence-corrected chi connectivity index (χ4v) is 2.84. The zero-order valence-corrected chi connectivity index (χ0v) is 11.2. The van der Waals surface area contributed by atoms with Crippen LogP contribution < -0.4 is 5.73 Å². The molecule has 0 radical (unpaired) electrons. The van der Waals surface area contributed by atoms with Gasteiger partial charge in [0.1, 0.15) is 0 Å². The maximum Gasteiger partial charge on any atom is 0.224 e. The molecule has 0 aromatic heterocycles. The molecule has 3 nitrogen and oxygen atoms in total. The van der Waals surface area contributed by atoms with Crippen LogP contribution in [0.15, 0.2) is 0 Å². The highest BCUT2D eigenvalue weighted by molar-refractivity contribution is 5.77. The summed E-state index contributed by atoms with van der Waals surface area (Å²) in [5, 5.41) is 0. The summed E-state index contributed by atoms with van der Waals surface area (Å²) in [7, 11) is 0. The molecular formula is C14H26N2O. The molecule has 17 heavy (non-hydrogen) atoms. The third kappa shape index (κ3) is 3.44. The summed E-state index contributed by atoms with van der Waals surface area (Å²) in [5.74, 6) is 2.47. The molecule has 98 valence electrons. The van der Waals surface area contributed by atoms with Crippen molar-refractivity contribution in [3.8, 4) is 0 Å². The van der Waals surface area contributed by atoms with Gasteiger partial charge in [-0.3, -0.25) is 4.79 Å². The van der Waals surface area contributed by atoms with Gasteiger partial charge in [-0.2, -0.15) is 0 Å². The van der Waals surface area contributed by atoms with Crippen LogP contribution in [0.25, 0.3) is 0 Å². The van der Waals surface area contributed by atoms with Crippen LogP contribution in [-0.2, 0) is 4.79 Å². The first-order valence-electron chi connectivity index (χ1n) is 7.11. The Bertz CT molecular complexity index is 265. The summed E-state index contributed by atoms with van der Waals surface area (Å²) < 4.78 is 0. The maximum atomic E-state index is 12.1. The van der Waals surface area contributed by atoms with E-state index in [0.717, 1.165) is 24.9 Å². The number of carbonyl (C=O) groups excluding carboxylic acids is 1. The van der Waals surface area contributed by atoms with Crippen LogP contribution >= 0.6 is 0 Å². The molecule has 2 N–H and O–H groups in total. The largest absolute Gasteiger partial charge is 0.343 e. The van der Waals surface area contributed by atoms with Crippen molar-refractivity contribution in [3.05, 3.63) is 0 Å². The minimum absolute atomic E-state index is 0.116. The molecule has 0 aromatic rings. The van der Waals surface area contributed by atoms with Gasteiger partial charge >= 0.3 is 0 Å². The van der Waals surface area contributed by atoms with Crippen molar-refractivity contribution in [3.63, 3.8) is 0 Å². The molecule has 1 saturated heterocycles. The molecule has 0 aromatic carbocycles. The number of likely N-dealkylation sites (tertiary alicyclic amines) is 1. The minimum atomic E-state index is 0.116. The van der Waals surface area contributed by atoms with Crippen molar-refractivity contribution >= 4 is 5.91 Å². The van der Waals surface area contributed by atoms with E-state index in [9.17, 15) is 4.79 Å².